The molecule has 0 bridgehead atoms. The number of benzene rings is 1. The van der Waals surface area contributed by atoms with Crippen LogP contribution >= 0.6 is 24.8 Å². The van der Waals surface area contributed by atoms with Crippen LogP contribution < -0.4 is 16.0 Å². The highest BCUT2D eigenvalue weighted by Gasteiger charge is 2.06. The molecule has 7 nitrogen and oxygen atoms in total. The lowest BCUT2D eigenvalue weighted by Gasteiger charge is -2.09. The molecule has 0 spiro atoms. The Balaban J connectivity index is 0.00000364. The van der Waals surface area contributed by atoms with E-state index < -0.39 is 0 Å². The van der Waals surface area contributed by atoms with Crippen molar-refractivity contribution in [3.05, 3.63) is 59.9 Å². The van der Waals surface area contributed by atoms with Gasteiger partial charge in [0.05, 0.1) is 0 Å². The van der Waals surface area contributed by atoms with Crippen LogP contribution in [-0.2, 0) is 27.4 Å². The van der Waals surface area contributed by atoms with Crippen molar-refractivity contribution in [3.8, 4) is 0 Å². The van der Waals surface area contributed by atoms with Crippen molar-refractivity contribution in [2.24, 2.45) is 0 Å². The summed E-state index contributed by atoms with van der Waals surface area (Å²) in [6.07, 6.45) is 3.35. The Morgan fingerprint density at radius 1 is 1.00 bits per heavy atom. The van der Waals surface area contributed by atoms with Crippen LogP contribution in [0.3, 0.4) is 0 Å². The van der Waals surface area contributed by atoms with Gasteiger partial charge in [-0.15, -0.1) is 24.8 Å². The second kappa shape index (κ2) is 14.8. The van der Waals surface area contributed by atoms with Gasteiger partial charge in [0.1, 0.15) is 13.2 Å². The number of pyridine rings is 1. The van der Waals surface area contributed by atoms with Gasteiger partial charge in [0.15, 0.2) is 0 Å². The molecule has 0 saturated carbocycles. The molecule has 3 N–H and O–H groups in total. The third-order valence-electron chi connectivity index (χ3n) is 3.47. The summed E-state index contributed by atoms with van der Waals surface area (Å²) in [7, 11) is 0. The number of amides is 2. The predicted molar refractivity (Wildman–Crippen MR) is 114 cm³/mol. The van der Waals surface area contributed by atoms with Crippen LogP contribution in [0.25, 0.3) is 0 Å². The third kappa shape index (κ3) is 10.2. The second-order valence-corrected chi connectivity index (χ2v) is 5.66. The molecule has 1 aromatic carbocycles. The van der Waals surface area contributed by atoms with E-state index in [1.54, 1.807) is 18.5 Å². The fraction of sp³-hybridized carbons (Fsp3) is 0.316. The first-order valence-corrected chi connectivity index (χ1v) is 8.50. The maximum Gasteiger partial charge on any atom is 0.250 e. The number of carbonyl (C=O) groups is 2. The average Bonchev–Trinajstić information content (AvgIpc) is 2.66. The Kier molecular flexibility index (Phi) is 13.7. The molecule has 1 heterocycles. The smallest absolute Gasteiger partial charge is 0.250 e. The SMILES string of the molecule is CCNCc1cccc(NC(=O)COCC(=O)NCc2cccnc2)c1.Cl.Cl. The van der Waals surface area contributed by atoms with Crippen molar-refractivity contribution in [2.45, 2.75) is 20.0 Å². The van der Waals surface area contributed by atoms with Gasteiger partial charge in [-0.1, -0.05) is 25.1 Å². The van der Waals surface area contributed by atoms with E-state index in [1.807, 2.05) is 37.3 Å². The summed E-state index contributed by atoms with van der Waals surface area (Å²) in [5, 5.41) is 8.70. The summed E-state index contributed by atoms with van der Waals surface area (Å²) in [6.45, 7) is 3.68. The van der Waals surface area contributed by atoms with Crippen LogP contribution in [0, 0.1) is 0 Å². The molecule has 28 heavy (non-hydrogen) atoms. The van der Waals surface area contributed by atoms with E-state index in [9.17, 15) is 9.59 Å². The van der Waals surface area contributed by atoms with E-state index in [0.717, 1.165) is 24.2 Å². The first-order chi connectivity index (χ1) is 12.7. The Morgan fingerprint density at radius 2 is 1.75 bits per heavy atom. The summed E-state index contributed by atoms with van der Waals surface area (Å²) >= 11 is 0. The van der Waals surface area contributed by atoms with E-state index in [1.165, 1.54) is 0 Å². The number of hydrogen-bond donors (Lipinski definition) is 3. The molecule has 0 saturated heterocycles. The molecule has 0 aliphatic carbocycles. The number of hydrogen-bond acceptors (Lipinski definition) is 5. The van der Waals surface area contributed by atoms with E-state index in [0.29, 0.717) is 12.2 Å². The van der Waals surface area contributed by atoms with Gasteiger partial charge in [0, 0.05) is 31.2 Å². The van der Waals surface area contributed by atoms with E-state index in [2.05, 4.69) is 20.9 Å². The molecule has 0 unspecified atom stereocenters. The number of nitrogens with one attached hydrogen (secondary N) is 3. The maximum absolute atomic E-state index is 11.9. The zero-order valence-electron chi connectivity index (χ0n) is 15.6. The van der Waals surface area contributed by atoms with Crippen LogP contribution in [0.1, 0.15) is 18.1 Å². The fourth-order valence-corrected chi connectivity index (χ4v) is 2.22. The largest absolute Gasteiger partial charge is 0.362 e. The Labute approximate surface area is 177 Å². The van der Waals surface area contributed by atoms with Gasteiger partial charge >= 0.3 is 0 Å². The van der Waals surface area contributed by atoms with Crippen molar-refractivity contribution >= 4 is 42.3 Å². The number of rotatable bonds is 10. The van der Waals surface area contributed by atoms with Crippen LogP contribution in [0.15, 0.2) is 48.8 Å². The van der Waals surface area contributed by atoms with E-state index in [4.69, 9.17) is 4.74 Å². The number of nitrogens with zero attached hydrogens (tertiary/aromatic N) is 1. The summed E-state index contributed by atoms with van der Waals surface area (Å²) in [4.78, 5) is 27.6. The Bertz CT molecular complexity index is 717. The van der Waals surface area contributed by atoms with Crippen molar-refractivity contribution in [1.82, 2.24) is 15.6 Å². The standard InChI is InChI=1S/C19H24N4O3.2ClH/c1-2-20-10-15-5-3-7-17(9-15)23-19(25)14-26-13-18(24)22-12-16-6-4-8-21-11-16;;/h3-9,11,20H,2,10,12-14H2,1H3,(H,22,24)(H,23,25);2*1H. The summed E-state index contributed by atoms with van der Waals surface area (Å²) in [6, 6.07) is 11.3. The van der Waals surface area contributed by atoms with Crippen molar-refractivity contribution in [3.63, 3.8) is 0 Å². The predicted octanol–water partition coefficient (Wildman–Crippen LogP) is 2.31. The molecule has 2 amide bonds. The number of anilines is 1. The molecule has 9 heteroatoms. The molecule has 0 atom stereocenters. The van der Waals surface area contributed by atoms with Crippen LogP contribution in [0.2, 0.25) is 0 Å². The lowest BCUT2D eigenvalue weighted by molar-refractivity contribution is -0.128. The minimum atomic E-state index is -0.300. The minimum Gasteiger partial charge on any atom is -0.362 e. The van der Waals surface area contributed by atoms with Gasteiger partial charge in [-0.25, -0.2) is 0 Å². The van der Waals surface area contributed by atoms with E-state index >= 15 is 0 Å². The molecule has 1 aromatic heterocycles. The molecule has 0 fully saturated rings. The highest BCUT2D eigenvalue weighted by atomic mass is 35.5. The normalized spacial score (nSPS) is 9.61. The summed E-state index contributed by atoms with van der Waals surface area (Å²) in [5.41, 5.74) is 2.69. The molecule has 2 rings (SSSR count). The molecular weight excluding hydrogens is 403 g/mol. The lowest BCUT2D eigenvalue weighted by atomic mass is 10.2. The number of carbonyl (C=O) groups excluding carboxylic acids is 2. The van der Waals surface area contributed by atoms with Gasteiger partial charge in [-0.2, -0.15) is 0 Å². The third-order valence-corrected chi connectivity index (χ3v) is 3.47. The zero-order valence-corrected chi connectivity index (χ0v) is 17.3. The van der Waals surface area contributed by atoms with Gasteiger partial charge < -0.3 is 20.7 Å². The Morgan fingerprint density at radius 3 is 2.46 bits per heavy atom. The minimum absolute atomic E-state index is 0. The van der Waals surface area contributed by atoms with E-state index in [-0.39, 0.29) is 49.8 Å². The van der Waals surface area contributed by atoms with Gasteiger partial charge in [0.2, 0.25) is 11.8 Å². The Hall–Kier alpha value is -2.19. The average molecular weight is 429 g/mol. The molecule has 154 valence electrons. The quantitative estimate of drug-likeness (QED) is 0.539. The second-order valence-electron chi connectivity index (χ2n) is 5.66. The molecule has 2 aromatic rings. The fourth-order valence-electron chi connectivity index (χ4n) is 2.22. The van der Waals surface area contributed by atoms with Crippen LogP contribution in [0.4, 0.5) is 5.69 Å². The first kappa shape index (κ1) is 25.8. The van der Waals surface area contributed by atoms with Gasteiger partial charge in [-0.05, 0) is 35.9 Å². The van der Waals surface area contributed by atoms with Crippen LogP contribution in [0.5, 0.6) is 0 Å². The molecule has 0 radical (unpaired) electrons. The number of halogens is 2. The van der Waals surface area contributed by atoms with Crippen molar-refractivity contribution < 1.29 is 14.3 Å². The summed E-state index contributed by atoms with van der Waals surface area (Å²) < 4.78 is 5.16. The van der Waals surface area contributed by atoms with Gasteiger partial charge in [-0.3, -0.25) is 14.6 Å². The topological polar surface area (TPSA) is 92.4 Å². The molecule has 0 aliphatic heterocycles. The zero-order chi connectivity index (χ0) is 18.6. The van der Waals surface area contributed by atoms with Gasteiger partial charge in [0.25, 0.3) is 0 Å². The highest BCUT2D eigenvalue weighted by molar-refractivity contribution is 5.92. The first-order valence-electron chi connectivity index (χ1n) is 8.50. The monoisotopic (exact) mass is 428 g/mol. The van der Waals surface area contributed by atoms with Crippen LogP contribution in [-0.4, -0.2) is 36.6 Å². The van der Waals surface area contributed by atoms with Crippen molar-refractivity contribution in [1.29, 1.82) is 0 Å². The number of aromatic nitrogens is 1. The molecule has 0 aliphatic rings. The van der Waals surface area contributed by atoms with Crippen molar-refractivity contribution in [2.75, 3.05) is 25.1 Å². The summed E-state index contributed by atoms with van der Waals surface area (Å²) in [5.74, 6) is -0.583. The highest BCUT2D eigenvalue weighted by Crippen LogP contribution is 2.10. The maximum atomic E-state index is 11.9. The number of ether oxygens (including phenoxy) is 1. The lowest BCUT2D eigenvalue weighted by Crippen LogP contribution is -2.29. The molecular formula is C19H26Cl2N4O3.